The molecule has 18 heavy (non-hydrogen) atoms. The van der Waals surface area contributed by atoms with Crippen molar-refractivity contribution < 1.29 is 9.90 Å². The second-order valence-corrected chi connectivity index (χ2v) is 4.72. The van der Waals surface area contributed by atoms with Crippen molar-refractivity contribution >= 4 is 11.7 Å². The van der Waals surface area contributed by atoms with Crippen LogP contribution in [0.4, 0.5) is 10.5 Å². The van der Waals surface area contributed by atoms with Gasteiger partial charge in [-0.25, -0.2) is 4.79 Å². The Bertz CT molecular complexity index is 405. The highest BCUT2D eigenvalue weighted by Gasteiger charge is 2.19. The van der Waals surface area contributed by atoms with Crippen LogP contribution in [0.15, 0.2) is 18.5 Å². The van der Waals surface area contributed by atoms with Crippen LogP contribution >= 0.6 is 0 Å². The van der Waals surface area contributed by atoms with Crippen molar-refractivity contribution in [3.8, 4) is 0 Å². The van der Waals surface area contributed by atoms with E-state index in [0.29, 0.717) is 6.54 Å². The average Bonchev–Trinajstić information content (AvgIpc) is 2.28. The molecule has 0 bridgehead atoms. The molecule has 0 spiro atoms. The molecule has 2 amide bonds. The number of carbonyl (C=O) groups is 1. The SMILES string of the molecule is Cc1cnccc1NC(=O)N(CC(C)O)C(C)C. The first kappa shape index (κ1) is 14.4. The number of hydrogen-bond donors (Lipinski definition) is 2. The lowest BCUT2D eigenvalue weighted by Gasteiger charge is -2.28. The van der Waals surface area contributed by atoms with Gasteiger partial charge in [0.05, 0.1) is 6.10 Å². The molecule has 0 saturated heterocycles. The fourth-order valence-corrected chi connectivity index (χ4v) is 1.61. The lowest BCUT2D eigenvalue weighted by Crippen LogP contribution is -2.43. The topological polar surface area (TPSA) is 65.5 Å². The predicted molar refractivity (Wildman–Crippen MR) is 71.5 cm³/mol. The number of amides is 2. The molecule has 2 N–H and O–H groups in total. The molecule has 0 aliphatic heterocycles. The van der Waals surface area contributed by atoms with Gasteiger partial charge in [-0.15, -0.1) is 0 Å². The van der Waals surface area contributed by atoms with Crippen molar-refractivity contribution in [2.75, 3.05) is 11.9 Å². The summed E-state index contributed by atoms with van der Waals surface area (Å²) in [5.74, 6) is 0. The number of aryl methyl sites for hydroxylation is 1. The van der Waals surface area contributed by atoms with Crippen LogP contribution in [-0.4, -0.2) is 39.7 Å². The van der Waals surface area contributed by atoms with E-state index in [4.69, 9.17) is 0 Å². The molecule has 0 aromatic carbocycles. The summed E-state index contributed by atoms with van der Waals surface area (Å²) < 4.78 is 0. The van der Waals surface area contributed by atoms with E-state index in [1.807, 2.05) is 20.8 Å². The van der Waals surface area contributed by atoms with Gasteiger partial charge >= 0.3 is 6.03 Å². The molecule has 1 aromatic heterocycles. The van der Waals surface area contributed by atoms with Crippen molar-refractivity contribution in [3.05, 3.63) is 24.0 Å². The summed E-state index contributed by atoms with van der Waals surface area (Å²) in [5.41, 5.74) is 1.65. The zero-order valence-corrected chi connectivity index (χ0v) is 11.3. The van der Waals surface area contributed by atoms with Gasteiger partial charge in [0.15, 0.2) is 0 Å². The molecule has 5 heteroatoms. The fourth-order valence-electron chi connectivity index (χ4n) is 1.61. The minimum absolute atomic E-state index is 0.0294. The van der Waals surface area contributed by atoms with E-state index < -0.39 is 6.10 Å². The van der Waals surface area contributed by atoms with E-state index in [9.17, 15) is 9.90 Å². The van der Waals surface area contributed by atoms with E-state index in [0.717, 1.165) is 11.3 Å². The number of carbonyl (C=O) groups excluding carboxylic acids is 1. The van der Waals surface area contributed by atoms with Gasteiger partial charge in [0.2, 0.25) is 0 Å². The molecule has 1 aromatic rings. The molecule has 0 radical (unpaired) electrons. The van der Waals surface area contributed by atoms with Crippen molar-refractivity contribution in [3.63, 3.8) is 0 Å². The molecule has 0 aliphatic carbocycles. The monoisotopic (exact) mass is 251 g/mol. The van der Waals surface area contributed by atoms with E-state index >= 15 is 0 Å². The summed E-state index contributed by atoms with van der Waals surface area (Å²) >= 11 is 0. The molecule has 0 fully saturated rings. The number of pyridine rings is 1. The number of urea groups is 1. The van der Waals surface area contributed by atoms with Crippen LogP contribution in [0.5, 0.6) is 0 Å². The molecule has 1 atom stereocenters. The van der Waals surface area contributed by atoms with Gasteiger partial charge in [0.25, 0.3) is 0 Å². The van der Waals surface area contributed by atoms with Crippen molar-refractivity contribution in [1.29, 1.82) is 0 Å². The number of aliphatic hydroxyl groups is 1. The number of hydrogen-bond acceptors (Lipinski definition) is 3. The van der Waals surface area contributed by atoms with Crippen LogP contribution in [-0.2, 0) is 0 Å². The Labute approximate surface area is 108 Å². The number of aliphatic hydroxyl groups excluding tert-OH is 1. The van der Waals surface area contributed by atoms with E-state index in [1.165, 1.54) is 0 Å². The van der Waals surface area contributed by atoms with Gasteiger partial charge in [-0.05, 0) is 39.3 Å². The summed E-state index contributed by atoms with van der Waals surface area (Å²) in [5, 5.41) is 12.2. The number of rotatable bonds is 4. The molecule has 1 unspecified atom stereocenters. The highest BCUT2D eigenvalue weighted by Crippen LogP contribution is 2.13. The number of anilines is 1. The van der Waals surface area contributed by atoms with Crippen LogP contribution in [0.25, 0.3) is 0 Å². The Balaban J connectivity index is 2.76. The summed E-state index contributed by atoms with van der Waals surface area (Å²) in [6.07, 6.45) is 2.79. The van der Waals surface area contributed by atoms with Gasteiger partial charge in [-0.3, -0.25) is 4.98 Å². The Hall–Kier alpha value is -1.62. The predicted octanol–water partition coefficient (Wildman–Crippen LogP) is 2.01. The van der Waals surface area contributed by atoms with Gasteiger partial charge < -0.3 is 15.3 Å². The lowest BCUT2D eigenvalue weighted by atomic mass is 10.2. The first-order chi connectivity index (χ1) is 8.41. The Morgan fingerprint density at radius 1 is 1.50 bits per heavy atom. The summed E-state index contributed by atoms with van der Waals surface area (Å²) in [4.78, 5) is 17.7. The van der Waals surface area contributed by atoms with Gasteiger partial charge in [-0.1, -0.05) is 0 Å². The molecule has 0 aliphatic rings. The number of nitrogens with one attached hydrogen (secondary N) is 1. The maximum Gasteiger partial charge on any atom is 0.322 e. The largest absolute Gasteiger partial charge is 0.392 e. The van der Waals surface area contributed by atoms with Gasteiger partial charge in [-0.2, -0.15) is 0 Å². The molecular weight excluding hydrogens is 230 g/mol. The smallest absolute Gasteiger partial charge is 0.322 e. The molecule has 0 saturated carbocycles. The van der Waals surface area contributed by atoms with Crippen LogP contribution in [0.2, 0.25) is 0 Å². The van der Waals surface area contributed by atoms with Crippen molar-refractivity contribution in [2.45, 2.75) is 39.8 Å². The zero-order valence-electron chi connectivity index (χ0n) is 11.3. The molecule has 1 heterocycles. The first-order valence-corrected chi connectivity index (χ1v) is 6.08. The van der Waals surface area contributed by atoms with Gasteiger partial charge in [0.1, 0.15) is 0 Å². The van der Waals surface area contributed by atoms with Crippen molar-refractivity contribution in [2.24, 2.45) is 0 Å². The van der Waals surface area contributed by atoms with Crippen molar-refractivity contribution in [1.82, 2.24) is 9.88 Å². The summed E-state index contributed by atoms with van der Waals surface area (Å²) in [6, 6.07) is 1.58. The quantitative estimate of drug-likeness (QED) is 0.860. The highest BCUT2D eigenvalue weighted by atomic mass is 16.3. The summed E-state index contributed by atoms with van der Waals surface area (Å²) in [7, 11) is 0. The maximum atomic E-state index is 12.1. The standard InChI is InChI=1S/C13H21N3O2/c1-9(2)16(8-11(4)17)13(18)15-12-5-6-14-7-10(12)3/h5-7,9,11,17H,8H2,1-4H3,(H,14,15,18). The minimum atomic E-state index is -0.545. The maximum absolute atomic E-state index is 12.1. The van der Waals surface area contributed by atoms with E-state index in [1.54, 1.807) is 30.3 Å². The third kappa shape index (κ3) is 4.00. The summed E-state index contributed by atoms with van der Waals surface area (Å²) in [6.45, 7) is 7.70. The van der Waals surface area contributed by atoms with Crippen LogP contribution < -0.4 is 5.32 Å². The Kier molecular flexibility index (Phi) is 5.09. The third-order valence-corrected chi connectivity index (χ3v) is 2.61. The third-order valence-electron chi connectivity index (χ3n) is 2.61. The van der Waals surface area contributed by atoms with Gasteiger partial charge in [0, 0.05) is 30.7 Å². The second-order valence-electron chi connectivity index (χ2n) is 4.72. The Morgan fingerprint density at radius 2 is 2.17 bits per heavy atom. The molecule has 5 nitrogen and oxygen atoms in total. The minimum Gasteiger partial charge on any atom is -0.392 e. The highest BCUT2D eigenvalue weighted by molar-refractivity contribution is 5.90. The normalized spacial score (nSPS) is 12.3. The van der Waals surface area contributed by atoms with Crippen LogP contribution in [0.1, 0.15) is 26.3 Å². The fraction of sp³-hybridized carbons (Fsp3) is 0.538. The van der Waals surface area contributed by atoms with Crippen LogP contribution in [0, 0.1) is 6.92 Å². The number of aromatic nitrogens is 1. The second kappa shape index (κ2) is 6.35. The lowest BCUT2D eigenvalue weighted by molar-refractivity contribution is 0.125. The Morgan fingerprint density at radius 3 is 2.67 bits per heavy atom. The van der Waals surface area contributed by atoms with E-state index in [2.05, 4.69) is 10.3 Å². The molecular formula is C13H21N3O2. The average molecular weight is 251 g/mol. The van der Waals surface area contributed by atoms with Crippen LogP contribution in [0.3, 0.4) is 0 Å². The molecule has 1 rings (SSSR count). The molecule has 100 valence electrons. The zero-order chi connectivity index (χ0) is 13.7. The number of nitrogens with zero attached hydrogens (tertiary/aromatic N) is 2. The van der Waals surface area contributed by atoms with E-state index in [-0.39, 0.29) is 12.1 Å². The first-order valence-electron chi connectivity index (χ1n) is 6.08.